The molecule has 0 spiro atoms. The summed E-state index contributed by atoms with van der Waals surface area (Å²) < 4.78 is 47.7. The lowest BCUT2D eigenvalue weighted by molar-refractivity contribution is -0.138. The van der Waals surface area contributed by atoms with Gasteiger partial charge in [-0.25, -0.2) is 0 Å². The number of ether oxygens (including phenoxy) is 1. The lowest BCUT2D eigenvalue weighted by Crippen LogP contribution is -2.42. The quantitative estimate of drug-likeness (QED) is 0.484. The number of aromatic nitrogens is 2. The minimum absolute atomic E-state index is 0.0870. The van der Waals surface area contributed by atoms with Crippen LogP contribution < -0.4 is 4.74 Å². The highest BCUT2D eigenvalue weighted by molar-refractivity contribution is 5.96. The number of aryl methyl sites for hydroxylation is 1. The number of rotatable bonds is 7. The van der Waals surface area contributed by atoms with Gasteiger partial charge in [0.25, 0.3) is 5.91 Å². The zero-order valence-electron chi connectivity index (χ0n) is 19.8. The van der Waals surface area contributed by atoms with Crippen LogP contribution in [-0.2, 0) is 26.3 Å². The second-order valence-electron chi connectivity index (χ2n) is 8.99. The highest BCUT2D eigenvalue weighted by Crippen LogP contribution is 2.33. The van der Waals surface area contributed by atoms with Gasteiger partial charge in [-0.15, -0.1) is 0 Å². The van der Waals surface area contributed by atoms with E-state index in [0.717, 1.165) is 36.0 Å². The Morgan fingerprint density at radius 1 is 1.06 bits per heavy atom. The van der Waals surface area contributed by atoms with E-state index in [-0.39, 0.29) is 11.7 Å². The Hall–Kier alpha value is -3.33. The Morgan fingerprint density at radius 3 is 2.34 bits per heavy atom. The molecule has 6 nitrogen and oxygen atoms in total. The van der Waals surface area contributed by atoms with E-state index >= 15 is 0 Å². The predicted octanol–water partition coefficient (Wildman–Crippen LogP) is 4.75. The summed E-state index contributed by atoms with van der Waals surface area (Å²) in [6, 6.07) is 12.9. The summed E-state index contributed by atoms with van der Waals surface area (Å²) in [7, 11) is 3.95. The minimum atomic E-state index is -4.56. The van der Waals surface area contributed by atoms with Crippen molar-refractivity contribution < 1.29 is 22.7 Å². The van der Waals surface area contributed by atoms with Crippen LogP contribution in [-0.4, -0.2) is 51.7 Å². The molecule has 186 valence electrons. The number of piperidine rings is 1. The molecule has 1 aliphatic rings. The van der Waals surface area contributed by atoms with Crippen molar-refractivity contribution in [2.45, 2.75) is 38.2 Å². The standard InChI is InChI=1S/C26H29F3N4O2/c1-31(17-20-15-30-32(2)18-20)16-19-7-9-21(10-8-19)35-22-11-13-33(14-12-22)25(34)23-5-3-4-6-24(23)26(27,28)29/h3-10,15,18,22H,11-14,16-17H2,1-2H3. The molecule has 0 bridgehead atoms. The van der Waals surface area contributed by atoms with Crippen molar-refractivity contribution in [3.8, 4) is 5.75 Å². The average Bonchev–Trinajstić information content (AvgIpc) is 3.24. The fraction of sp³-hybridized carbons (Fsp3) is 0.385. The van der Waals surface area contributed by atoms with Crippen LogP contribution in [0.3, 0.4) is 0 Å². The first kappa shape index (κ1) is 24.8. The third-order valence-electron chi connectivity index (χ3n) is 6.08. The van der Waals surface area contributed by atoms with Crippen LogP contribution in [0.4, 0.5) is 13.2 Å². The largest absolute Gasteiger partial charge is 0.490 e. The molecule has 1 saturated heterocycles. The van der Waals surface area contributed by atoms with Gasteiger partial charge >= 0.3 is 6.18 Å². The van der Waals surface area contributed by atoms with Gasteiger partial charge in [-0.05, 0) is 36.9 Å². The lowest BCUT2D eigenvalue weighted by atomic mass is 10.0. The molecule has 0 atom stereocenters. The van der Waals surface area contributed by atoms with Crippen LogP contribution >= 0.6 is 0 Å². The molecular formula is C26H29F3N4O2. The maximum Gasteiger partial charge on any atom is 0.417 e. The van der Waals surface area contributed by atoms with Gasteiger partial charge in [0.1, 0.15) is 11.9 Å². The molecule has 2 heterocycles. The van der Waals surface area contributed by atoms with E-state index in [4.69, 9.17) is 4.74 Å². The van der Waals surface area contributed by atoms with Gasteiger partial charge in [-0.2, -0.15) is 18.3 Å². The molecule has 0 N–H and O–H groups in total. The number of hydrogen-bond acceptors (Lipinski definition) is 4. The van der Waals surface area contributed by atoms with Crippen LogP contribution in [0.2, 0.25) is 0 Å². The van der Waals surface area contributed by atoms with Gasteiger partial charge in [0, 0.05) is 57.8 Å². The number of likely N-dealkylation sites (tertiary alicyclic amines) is 1. The SMILES string of the molecule is CN(Cc1ccc(OC2CCN(C(=O)c3ccccc3C(F)(F)F)CC2)cc1)Cc1cnn(C)c1. The second-order valence-corrected chi connectivity index (χ2v) is 8.99. The Balaban J connectivity index is 1.27. The van der Waals surface area contributed by atoms with Crippen molar-refractivity contribution in [2.75, 3.05) is 20.1 Å². The van der Waals surface area contributed by atoms with Crippen LogP contribution in [0.15, 0.2) is 60.9 Å². The van der Waals surface area contributed by atoms with Gasteiger partial charge in [0.2, 0.25) is 0 Å². The summed E-state index contributed by atoms with van der Waals surface area (Å²) >= 11 is 0. The first-order chi connectivity index (χ1) is 16.7. The fourth-order valence-electron chi connectivity index (χ4n) is 4.36. The average molecular weight is 487 g/mol. The van der Waals surface area contributed by atoms with Crippen molar-refractivity contribution in [1.82, 2.24) is 19.6 Å². The minimum Gasteiger partial charge on any atom is -0.490 e. The third-order valence-corrected chi connectivity index (χ3v) is 6.08. The van der Waals surface area contributed by atoms with E-state index in [1.54, 1.807) is 4.68 Å². The normalized spacial score (nSPS) is 15.0. The number of hydrogen-bond donors (Lipinski definition) is 0. The summed E-state index contributed by atoms with van der Waals surface area (Å²) in [4.78, 5) is 16.4. The molecular weight excluding hydrogens is 457 g/mol. The van der Waals surface area contributed by atoms with Crippen LogP contribution in [0.1, 0.15) is 39.9 Å². The van der Waals surface area contributed by atoms with E-state index in [1.807, 2.05) is 43.7 Å². The van der Waals surface area contributed by atoms with Crippen molar-refractivity contribution in [3.63, 3.8) is 0 Å². The highest BCUT2D eigenvalue weighted by Gasteiger charge is 2.36. The number of alkyl halides is 3. The molecule has 1 aliphatic heterocycles. The molecule has 0 saturated carbocycles. The molecule has 0 aliphatic carbocycles. The fourth-order valence-corrected chi connectivity index (χ4v) is 4.36. The lowest BCUT2D eigenvalue weighted by Gasteiger charge is -2.32. The first-order valence-electron chi connectivity index (χ1n) is 11.6. The van der Waals surface area contributed by atoms with Gasteiger partial charge in [-0.3, -0.25) is 14.4 Å². The van der Waals surface area contributed by atoms with Gasteiger partial charge in [0.05, 0.1) is 17.3 Å². The first-order valence-corrected chi connectivity index (χ1v) is 11.6. The van der Waals surface area contributed by atoms with E-state index in [9.17, 15) is 18.0 Å². The molecule has 1 fully saturated rings. The summed E-state index contributed by atoms with van der Waals surface area (Å²) in [5.41, 5.74) is 1.12. The van der Waals surface area contributed by atoms with E-state index < -0.39 is 17.6 Å². The van der Waals surface area contributed by atoms with E-state index in [0.29, 0.717) is 25.9 Å². The van der Waals surface area contributed by atoms with Crippen molar-refractivity contribution in [1.29, 1.82) is 0 Å². The van der Waals surface area contributed by atoms with Gasteiger partial charge in [-0.1, -0.05) is 24.3 Å². The Kier molecular flexibility index (Phi) is 7.45. The summed E-state index contributed by atoms with van der Waals surface area (Å²) in [6.45, 7) is 2.30. The topological polar surface area (TPSA) is 50.6 Å². The number of carbonyl (C=O) groups excluding carboxylic acids is 1. The zero-order valence-corrected chi connectivity index (χ0v) is 19.8. The molecule has 35 heavy (non-hydrogen) atoms. The molecule has 3 aromatic rings. The van der Waals surface area contributed by atoms with Crippen molar-refractivity contribution >= 4 is 5.91 Å². The van der Waals surface area contributed by atoms with Crippen molar-refractivity contribution in [2.24, 2.45) is 7.05 Å². The molecule has 0 radical (unpaired) electrons. The number of halogens is 3. The molecule has 2 aromatic carbocycles. The van der Waals surface area contributed by atoms with E-state index in [1.165, 1.54) is 23.1 Å². The predicted molar refractivity (Wildman–Crippen MR) is 126 cm³/mol. The number of benzene rings is 2. The number of nitrogens with zero attached hydrogens (tertiary/aromatic N) is 4. The summed E-state index contributed by atoms with van der Waals surface area (Å²) in [5, 5.41) is 4.19. The summed E-state index contributed by atoms with van der Waals surface area (Å²) in [6.07, 6.45) is 0.345. The number of amides is 1. The Labute approximate surface area is 202 Å². The van der Waals surface area contributed by atoms with Crippen molar-refractivity contribution in [3.05, 3.63) is 83.2 Å². The van der Waals surface area contributed by atoms with Crippen LogP contribution in [0, 0.1) is 0 Å². The Bertz CT molecular complexity index is 1140. The zero-order chi connectivity index (χ0) is 25.0. The maximum atomic E-state index is 13.3. The monoisotopic (exact) mass is 486 g/mol. The highest BCUT2D eigenvalue weighted by atomic mass is 19.4. The molecule has 1 amide bonds. The molecule has 1 aromatic heterocycles. The summed E-state index contributed by atoms with van der Waals surface area (Å²) in [5.74, 6) is 0.159. The third kappa shape index (κ3) is 6.42. The van der Waals surface area contributed by atoms with Crippen LogP contribution in [0.5, 0.6) is 5.75 Å². The second kappa shape index (κ2) is 10.5. The molecule has 0 unspecified atom stereocenters. The number of carbonyl (C=O) groups is 1. The Morgan fingerprint density at radius 2 is 1.71 bits per heavy atom. The maximum absolute atomic E-state index is 13.3. The smallest absolute Gasteiger partial charge is 0.417 e. The van der Waals surface area contributed by atoms with Gasteiger partial charge < -0.3 is 9.64 Å². The van der Waals surface area contributed by atoms with E-state index in [2.05, 4.69) is 17.0 Å². The molecule has 9 heteroatoms. The van der Waals surface area contributed by atoms with Gasteiger partial charge in [0.15, 0.2) is 0 Å². The molecule has 4 rings (SSSR count). The van der Waals surface area contributed by atoms with Crippen LogP contribution in [0.25, 0.3) is 0 Å².